The molecule has 0 radical (unpaired) electrons. The van der Waals surface area contributed by atoms with Crippen molar-refractivity contribution in [2.75, 3.05) is 0 Å². The van der Waals surface area contributed by atoms with Gasteiger partial charge in [0, 0.05) is 0 Å². The number of halogens is 1. The van der Waals surface area contributed by atoms with Crippen LogP contribution in [0.25, 0.3) is 0 Å². The number of hydrogen-bond acceptors (Lipinski definition) is 0. The highest BCUT2D eigenvalue weighted by Gasteiger charge is 2.20. The van der Waals surface area contributed by atoms with Crippen LogP contribution in [0.15, 0.2) is 0 Å². The first kappa shape index (κ1) is 11.5. The summed E-state index contributed by atoms with van der Waals surface area (Å²) in [6.45, 7) is 9.21. The third-order valence-electron chi connectivity index (χ3n) is 2.93. The predicted molar refractivity (Wildman–Crippen MR) is 57.1 cm³/mol. The van der Waals surface area contributed by atoms with Gasteiger partial charge in [-0.05, 0) is 17.4 Å². The minimum atomic E-state index is -0.317. The molecule has 0 aromatic carbocycles. The van der Waals surface area contributed by atoms with Crippen molar-refractivity contribution in [2.45, 2.75) is 46.1 Å². The molecule has 2 heteroatoms. The Morgan fingerprint density at radius 3 is 1.64 bits per heavy atom. The van der Waals surface area contributed by atoms with Crippen LogP contribution in [0.5, 0.6) is 0 Å². The fraction of sp³-hybridized carbons (Fsp3) is 1.00. The zero-order valence-electron chi connectivity index (χ0n) is 8.23. The molecule has 2 unspecified atom stereocenters. The first-order valence-corrected chi connectivity index (χ1v) is 7.68. The Balaban J connectivity index is 3.92. The van der Waals surface area contributed by atoms with Crippen LogP contribution in [0.4, 0.5) is 0 Å². The van der Waals surface area contributed by atoms with Gasteiger partial charge in [0.2, 0.25) is 0 Å². The SMILES string of the molecule is CCC(C)C([SiH2]Cl)C(C)CC. The summed E-state index contributed by atoms with van der Waals surface area (Å²) in [6.07, 6.45) is 2.57. The van der Waals surface area contributed by atoms with Crippen LogP contribution in [-0.4, -0.2) is 8.83 Å². The average Bonchev–Trinajstić information content (AvgIpc) is 2.05. The largest absolute Gasteiger partial charge is 0.176 e. The second-order valence-corrected chi connectivity index (χ2v) is 5.77. The minimum Gasteiger partial charge on any atom is -0.176 e. The highest BCUT2D eigenvalue weighted by Crippen LogP contribution is 2.31. The van der Waals surface area contributed by atoms with Crippen molar-refractivity contribution in [2.24, 2.45) is 11.8 Å². The molecule has 0 aromatic heterocycles. The standard InChI is InChI=1S/C9H21ClSi/c1-5-7(3)9(11-10)8(4)6-2/h7-9H,5-6,11H2,1-4H3. The van der Waals surface area contributed by atoms with Gasteiger partial charge < -0.3 is 0 Å². The summed E-state index contributed by atoms with van der Waals surface area (Å²) in [5.41, 5.74) is 0.853. The molecule has 0 saturated carbocycles. The third kappa shape index (κ3) is 3.61. The van der Waals surface area contributed by atoms with Gasteiger partial charge >= 0.3 is 0 Å². The maximum Gasteiger partial charge on any atom is 0.128 e. The molecular weight excluding hydrogens is 172 g/mol. The van der Waals surface area contributed by atoms with E-state index in [0.29, 0.717) is 0 Å². The summed E-state index contributed by atoms with van der Waals surface area (Å²) in [4.78, 5) is 0. The topological polar surface area (TPSA) is 0 Å². The molecule has 0 N–H and O–H groups in total. The minimum absolute atomic E-state index is 0.317. The van der Waals surface area contributed by atoms with Crippen molar-refractivity contribution in [3.63, 3.8) is 0 Å². The molecule has 0 aliphatic heterocycles. The Kier molecular flexibility index (Phi) is 6.35. The second kappa shape index (κ2) is 6.07. The molecule has 0 nitrogen and oxygen atoms in total. The number of rotatable bonds is 5. The van der Waals surface area contributed by atoms with E-state index < -0.39 is 0 Å². The van der Waals surface area contributed by atoms with Gasteiger partial charge in [-0.1, -0.05) is 40.5 Å². The first-order valence-electron chi connectivity index (χ1n) is 4.73. The molecule has 0 aliphatic carbocycles. The molecule has 68 valence electrons. The van der Waals surface area contributed by atoms with E-state index in [1.165, 1.54) is 12.8 Å². The zero-order chi connectivity index (χ0) is 8.85. The van der Waals surface area contributed by atoms with E-state index in [9.17, 15) is 0 Å². The van der Waals surface area contributed by atoms with Gasteiger partial charge in [-0.3, -0.25) is 0 Å². The van der Waals surface area contributed by atoms with Crippen LogP contribution in [0.1, 0.15) is 40.5 Å². The van der Waals surface area contributed by atoms with E-state index in [0.717, 1.165) is 17.4 Å². The lowest BCUT2D eigenvalue weighted by Gasteiger charge is -2.25. The van der Waals surface area contributed by atoms with Gasteiger partial charge in [-0.25, -0.2) is 0 Å². The van der Waals surface area contributed by atoms with Crippen molar-refractivity contribution in [1.82, 2.24) is 0 Å². The first-order chi connectivity index (χ1) is 5.17. The van der Waals surface area contributed by atoms with E-state index in [1.54, 1.807) is 0 Å². The van der Waals surface area contributed by atoms with Crippen LogP contribution in [0.3, 0.4) is 0 Å². The fourth-order valence-electron chi connectivity index (χ4n) is 1.47. The maximum atomic E-state index is 6.05. The lowest BCUT2D eigenvalue weighted by Crippen LogP contribution is -2.16. The highest BCUT2D eigenvalue weighted by atomic mass is 35.6. The molecule has 0 amide bonds. The van der Waals surface area contributed by atoms with Crippen molar-refractivity contribution in [3.8, 4) is 0 Å². The molecule has 0 saturated heterocycles. The quantitative estimate of drug-likeness (QED) is 0.464. The Morgan fingerprint density at radius 2 is 1.45 bits per heavy atom. The van der Waals surface area contributed by atoms with Gasteiger partial charge in [0.25, 0.3) is 0 Å². The van der Waals surface area contributed by atoms with Crippen LogP contribution >= 0.6 is 11.1 Å². The van der Waals surface area contributed by atoms with E-state index in [1.807, 2.05) is 0 Å². The van der Waals surface area contributed by atoms with E-state index in [2.05, 4.69) is 27.7 Å². The maximum absolute atomic E-state index is 6.05. The van der Waals surface area contributed by atoms with Crippen molar-refractivity contribution < 1.29 is 0 Å². The monoisotopic (exact) mass is 192 g/mol. The molecule has 0 heterocycles. The summed E-state index contributed by atoms with van der Waals surface area (Å²) < 4.78 is 0. The second-order valence-electron chi connectivity index (χ2n) is 3.59. The predicted octanol–water partition coefficient (Wildman–Crippen LogP) is 3.19. The van der Waals surface area contributed by atoms with Gasteiger partial charge in [0.1, 0.15) is 8.83 Å². The molecule has 0 fully saturated rings. The Labute approximate surface area is 78.2 Å². The Bertz CT molecular complexity index is 85.6. The molecule has 0 rings (SSSR count). The van der Waals surface area contributed by atoms with Crippen molar-refractivity contribution in [1.29, 1.82) is 0 Å². The van der Waals surface area contributed by atoms with Crippen LogP contribution in [0.2, 0.25) is 5.54 Å². The summed E-state index contributed by atoms with van der Waals surface area (Å²) in [5, 5.41) is 0. The summed E-state index contributed by atoms with van der Waals surface area (Å²) in [6, 6.07) is 0. The molecular formula is C9H21ClSi. The van der Waals surface area contributed by atoms with Crippen LogP contribution in [0, 0.1) is 11.8 Å². The Hall–Kier alpha value is 0.507. The smallest absolute Gasteiger partial charge is 0.128 e. The van der Waals surface area contributed by atoms with Crippen LogP contribution < -0.4 is 0 Å². The van der Waals surface area contributed by atoms with Gasteiger partial charge in [-0.15, -0.1) is 0 Å². The fourth-order valence-corrected chi connectivity index (χ4v) is 4.57. The van der Waals surface area contributed by atoms with E-state index in [4.69, 9.17) is 11.1 Å². The molecule has 0 bridgehead atoms. The third-order valence-corrected chi connectivity index (χ3v) is 5.96. The van der Waals surface area contributed by atoms with Crippen LogP contribution in [-0.2, 0) is 0 Å². The van der Waals surface area contributed by atoms with E-state index in [-0.39, 0.29) is 8.83 Å². The van der Waals surface area contributed by atoms with Crippen molar-refractivity contribution >= 4 is 19.9 Å². The lowest BCUT2D eigenvalue weighted by molar-refractivity contribution is 0.397. The highest BCUT2D eigenvalue weighted by molar-refractivity contribution is 6.94. The number of hydrogen-bond donors (Lipinski definition) is 0. The molecule has 11 heavy (non-hydrogen) atoms. The molecule has 0 aromatic rings. The molecule has 2 atom stereocenters. The zero-order valence-corrected chi connectivity index (χ0v) is 10.4. The summed E-state index contributed by atoms with van der Waals surface area (Å²) >= 11 is 6.05. The summed E-state index contributed by atoms with van der Waals surface area (Å²) in [7, 11) is -0.317. The molecule has 0 spiro atoms. The van der Waals surface area contributed by atoms with Crippen molar-refractivity contribution in [3.05, 3.63) is 0 Å². The lowest BCUT2D eigenvalue weighted by atomic mass is 9.93. The summed E-state index contributed by atoms with van der Waals surface area (Å²) in [5.74, 6) is 1.68. The normalized spacial score (nSPS) is 20.5. The molecule has 0 aliphatic rings. The van der Waals surface area contributed by atoms with Gasteiger partial charge in [-0.2, -0.15) is 11.1 Å². The average molecular weight is 193 g/mol. The van der Waals surface area contributed by atoms with E-state index >= 15 is 0 Å². The van der Waals surface area contributed by atoms with Gasteiger partial charge in [0.05, 0.1) is 0 Å². The Morgan fingerprint density at radius 1 is 1.09 bits per heavy atom. The van der Waals surface area contributed by atoms with Gasteiger partial charge in [0.15, 0.2) is 0 Å².